The summed E-state index contributed by atoms with van der Waals surface area (Å²) < 4.78 is 51.3. The fraction of sp³-hybridized carbons (Fsp3) is 0.350. The van der Waals surface area contributed by atoms with Crippen molar-refractivity contribution in [3.63, 3.8) is 0 Å². The number of Topliss-reactive ketones (excluding diaryl/α,β-unsaturated/α-hetero) is 1. The first-order valence-corrected chi connectivity index (χ1v) is 12.3. The maximum Gasteiger partial charge on any atom is 0.244 e. The minimum absolute atomic E-state index is 0.0218. The van der Waals surface area contributed by atoms with Crippen LogP contribution < -0.4 is 0 Å². The van der Waals surface area contributed by atoms with Crippen molar-refractivity contribution in [1.29, 1.82) is 0 Å². The van der Waals surface area contributed by atoms with Crippen molar-refractivity contribution in [2.45, 2.75) is 29.6 Å². The third-order valence-electron chi connectivity index (χ3n) is 5.03. The third kappa shape index (κ3) is 4.19. The van der Waals surface area contributed by atoms with Gasteiger partial charge in [0.15, 0.2) is 15.6 Å². The van der Waals surface area contributed by atoms with E-state index in [4.69, 9.17) is 0 Å². The molecule has 0 bridgehead atoms. The predicted molar refractivity (Wildman–Crippen MR) is 107 cm³/mol. The molecule has 1 saturated heterocycles. The Morgan fingerprint density at radius 1 is 0.893 bits per heavy atom. The number of ketones is 1. The summed E-state index contributed by atoms with van der Waals surface area (Å²) in [7, 11) is -7.63. The van der Waals surface area contributed by atoms with Crippen molar-refractivity contribution >= 4 is 25.6 Å². The van der Waals surface area contributed by atoms with Gasteiger partial charge in [-0.05, 0) is 31.9 Å². The fourth-order valence-electron chi connectivity index (χ4n) is 3.42. The monoisotopic (exact) mass is 421 g/mol. The number of nitrogens with zero attached hydrogens (tertiary/aromatic N) is 1. The SMILES string of the molecule is Cc1ccc(C(=O)C2CCN(S(=O)(=O)c3ccccc3S(C)(=O)=O)CC2)cc1. The van der Waals surface area contributed by atoms with Crippen LogP contribution in [0.4, 0.5) is 0 Å². The number of piperidine rings is 1. The molecule has 2 aromatic carbocycles. The molecule has 0 radical (unpaired) electrons. The second-order valence-corrected chi connectivity index (χ2v) is 11.0. The van der Waals surface area contributed by atoms with E-state index in [2.05, 4.69) is 0 Å². The smallest absolute Gasteiger partial charge is 0.244 e. The molecule has 0 unspecified atom stereocenters. The van der Waals surface area contributed by atoms with Crippen LogP contribution in [0.15, 0.2) is 58.3 Å². The number of sulfonamides is 1. The van der Waals surface area contributed by atoms with E-state index in [1.807, 2.05) is 19.1 Å². The van der Waals surface area contributed by atoms with Gasteiger partial charge in [-0.25, -0.2) is 16.8 Å². The van der Waals surface area contributed by atoms with Crippen LogP contribution in [0.2, 0.25) is 0 Å². The minimum atomic E-state index is -3.95. The van der Waals surface area contributed by atoms with Crippen molar-refractivity contribution in [3.05, 3.63) is 59.7 Å². The van der Waals surface area contributed by atoms with E-state index in [9.17, 15) is 21.6 Å². The van der Waals surface area contributed by atoms with Gasteiger partial charge >= 0.3 is 0 Å². The molecule has 0 atom stereocenters. The zero-order valence-corrected chi connectivity index (χ0v) is 17.5. The molecule has 1 aliphatic rings. The summed E-state index contributed by atoms with van der Waals surface area (Å²) in [4.78, 5) is 12.3. The van der Waals surface area contributed by atoms with Crippen molar-refractivity contribution in [2.24, 2.45) is 5.92 Å². The molecule has 0 spiro atoms. The second kappa shape index (κ2) is 7.77. The Labute approximate surface area is 166 Å². The van der Waals surface area contributed by atoms with Crippen LogP contribution in [0.25, 0.3) is 0 Å². The van der Waals surface area contributed by atoms with Gasteiger partial charge in [0.2, 0.25) is 10.0 Å². The zero-order valence-electron chi connectivity index (χ0n) is 15.8. The van der Waals surface area contributed by atoms with Gasteiger partial charge in [0.1, 0.15) is 4.90 Å². The molecule has 3 rings (SSSR count). The van der Waals surface area contributed by atoms with Gasteiger partial charge in [-0.3, -0.25) is 4.79 Å². The molecule has 150 valence electrons. The summed E-state index contributed by atoms with van der Waals surface area (Å²) in [5, 5.41) is 0. The van der Waals surface area contributed by atoms with Crippen molar-refractivity contribution < 1.29 is 21.6 Å². The zero-order chi connectivity index (χ0) is 20.5. The van der Waals surface area contributed by atoms with Gasteiger partial charge in [0.25, 0.3) is 0 Å². The molecule has 28 heavy (non-hydrogen) atoms. The Bertz CT molecular complexity index is 1080. The number of sulfone groups is 1. The van der Waals surface area contributed by atoms with Crippen molar-refractivity contribution in [1.82, 2.24) is 4.31 Å². The molecular weight excluding hydrogens is 398 g/mol. The van der Waals surface area contributed by atoms with E-state index < -0.39 is 19.9 Å². The highest BCUT2D eigenvalue weighted by atomic mass is 32.2. The summed E-state index contributed by atoms with van der Waals surface area (Å²) in [6.07, 6.45) is 1.81. The Balaban J connectivity index is 1.78. The molecular formula is C20H23NO5S2. The lowest BCUT2D eigenvalue weighted by atomic mass is 9.89. The molecule has 8 heteroatoms. The molecule has 1 aliphatic heterocycles. The van der Waals surface area contributed by atoms with Crippen LogP contribution in [0.1, 0.15) is 28.8 Å². The first kappa shape index (κ1) is 20.7. The molecule has 1 heterocycles. The lowest BCUT2D eigenvalue weighted by molar-refractivity contribution is 0.0875. The van der Waals surface area contributed by atoms with Crippen LogP contribution in [0.3, 0.4) is 0 Å². The number of hydrogen-bond acceptors (Lipinski definition) is 5. The Kier molecular flexibility index (Phi) is 5.74. The summed E-state index contributed by atoms with van der Waals surface area (Å²) in [6, 6.07) is 13.0. The summed E-state index contributed by atoms with van der Waals surface area (Å²) in [5.41, 5.74) is 1.70. The highest BCUT2D eigenvalue weighted by Crippen LogP contribution is 2.29. The molecule has 0 N–H and O–H groups in total. The quantitative estimate of drug-likeness (QED) is 0.693. The number of rotatable bonds is 5. The minimum Gasteiger partial charge on any atom is -0.294 e. The van der Waals surface area contributed by atoms with Gasteiger partial charge in [0, 0.05) is 30.8 Å². The van der Waals surface area contributed by atoms with Gasteiger partial charge in [-0.15, -0.1) is 0 Å². The number of carbonyl (C=O) groups is 1. The lowest BCUT2D eigenvalue weighted by Crippen LogP contribution is -2.40. The van der Waals surface area contributed by atoms with E-state index in [0.29, 0.717) is 18.4 Å². The molecule has 2 aromatic rings. The summed E-state index contributed by atoms with van der Waals surface area (Å²) in [6.45, 7) is 2.32. The van der Waals surface area contributed by atoms with Gasteiger partial charge in [0.05, 0.1) is 4.90 Å². The molecule has 6 nitrogen and oxygen atoms in total. The molecule has 0 amide bonds. The maximum absolute atomic E-state index is 13.0. The lowest BCUT2D eigenvalue weighted by Gasteiger charge is -2.31. The van der Waals surface area contributed by atoms with E-state index in [-0.39, 0.29) is 34.6 Å². The number of carbonyl (C=O) groups excluding carboxylic acids is 1. The van der Waals surface area contributed by atoms with Gasteiger partial charge in [-0.1, -0.05) is 42.0 Å². The number of hydrogen-bond donors (Lipinski definition) is 0. The van der Waals surface area contributed by atoms with E-state index in [1.54, 1.807) is 12.1 Å². The van der Waals surface area contributed by atoms with E-state index in [1.165, 1.54) is 28.6 Å². The number of aryl methyl sites for hydroxylation is 1. The van der Waals surface area contributed by atoms with E-state index >= 15 is 0 Å². The fourth-order valence-corrected chi connectivity index (χ4v) is 6.49. The van der Waals surface area contributed by atoms with Gasteiger partial charge in [-0.2, -0.15) is 4.31 Å². The van der Waals surface area contributed by atoms with Crippen LogP contribution in [0, 0.1) is 12.8 Å². The van der Waals surface area contributed by atoms with Crippen LogP contribution in [0.5, 0.6) is 0 Å². The first-order valence-electron chi connectivity index (χ1n) is 9.01. The van der Waals surface area contributed by atoms with Crippen molar-refractivity contribution in [3.8, 4) is 0 Å². The van der Waals surface area contributed by atoms with E-state index in [0.717, 1.165) is 11.8 Å². The standard InChI is InChI=1S/C20H23NO5S2/c1-15-7-9-16(10-8-15)20(22)17-11-13-21(14-12-17)28(25,26)19-6-4-3-5-18(19)27(2,23)24/h3-10,17H,11-14H2,1-2H3. The highest BCUT2D eigenvalue weighted by Gasteiger charge is 2.34. The summed E-state index contributed by atoms with van der Waals surface area (Å²) >= 11 is 0. The average Bonchev–Trinajstić information content (AvgIpc) is 2.67. The average molecular weight is 422 g/mol. The van der Waals surface area contributed by atoms with Crippen LogP contribution in [-0.2, 0) is 19.9 Å². The van der Waals surface area contributed by atoms with Gasteiger partial charge < -0.3 is 0 Å². The normalized spacial score (nSPS) is 16.8. The molecule has 0 saturated carbocycles. The number of benzene rings is 2. The van der Waals surface area contributed by atoms with Crippen molar-refractivity contribution in [2.75, 3.05) is 19.3 Å². The predicted octanol–water partition coefficient (Wildman–Crippen LogP) is 2.68. The Morgan fingerprint density at radius 3 is 1.96 bits per heavy atom. The second-order valence-electron chi connectivity index (χ2n) is 7.13. The van der Waals surface area contributed by atoms with Crippen LogP contribution >= 0.6 is 0 Å². The Hall–Kier alpha value is -2.03. The molecule has 0 aliphatic carbocycles. The summed E-state index contributed by atoms with van der Waals surface area (Å²) in [5.74, 6) is -0.215. The molecule has 1 fully saturated rings. The topological polar surface area (TPSA) is 88.6 Å². The highest BCUT2D eigenvalue weighted by molar-refractivity contribution is 7.93. The Morgan fingerprint density at radius 2 is 1.43 bits per heavy atom. The largest absolute Gasteiger partial charge is 0.294 e. The molecule has 0 aromatic heterocycles. The first-order chi connectivity index (χ1) is 13.1. The maximum atomic E-state index is 13.0. The third-order valence-corrected chi connectivity index (χ3v) is 8.27. The van der Waals surface area contributed by atoms with Crippen LogP contribution in [-0.4, -0.2) is 46.3 Å².